The van der Waals surface area contributed by atoms with E-state index in [-0.39, 0.29) is 0 Å². The van der Waals surface area contributed by atoms with E-state index in [0.29, 0.717) is 16.0 Å². The van der Waals surface area contributed by atoms with Crippen molar-refractivity contribution in [3.8, 4) is 16.9 Å². The van der Waals surface area contributed by atoms with E-state index in [9.17, 15) is 0 Å². The Morgan fingerprint density at radius 1 is 1.00 bits per heavy atom. The summed E-state index contributed by atoms with van der Waals surface area (Å²) >= 11 is 14.0. The molecule has 4 aromatic rings. The SMILES string of the molecule is CSc1ccc(Nc2nccc(-c3cn(-c4cc(Cl)cc(Cl)c4)nc3C)n2)cc1. The van der Waals surface area contributed by atoms with Gasteiger partial charge in [0.15, 0.2) is 0 Å². The summed E-state index contributed by atoms with van der Waals surface area (Å²) in [4.78, 5) is 10.2. The quantitative estimate of drug-likeness (QED) is 0.362. The third kappa shape index (κ3) is 4.56. The first-order valence-electron chi connectivity index (χ1n) is 8.79. The van der Waals surface area contributed by atoms with Crippen molar-refractivity contribution in [2.24, 2.45) is 0 Å². The lowest BCUT2D eigenvalue weighted by Crippen LogP contribution is -1.98. The molecule has 1 N–H and O–H groups in total. The van der Waals surface area contributed by atoms with E-state index in [1.807, 2.05) is 43.5 Å². The number of anilines is 2. The van der Waals surface area contributed by atoms with Crippen LogP contribution in [0.2, 0.25) is 10.0 Å². The van der Waals surface area contributed by atoms with Crippen LogP contribution in [0.25, 0.3) is 16.9 Å². The Hall–Kier alpha value is -2.54. The molecule has 0 aliphatic carbocycles. The Bertz CT molecular complexity index is 1140. The fourth-order valence-electron chi connectivity index (χ4n) is 2.89. The molecule has 2 aromatic heterocycles. The number of benzene rings is 2. The number of aromatic nitrogens is 4. The Morgan fingerprint density at radius 2 is 1.72 bits per heavy atom. The Labute approximate surface area is 183 Å². The zero-order valence-corrected chi connectivity index (χ0v) is 18.1. The fraction of sp³-hybridized carbons (Fsp3) is 0.0952. The van der Waals surface area contributed by atoms with Gasteiger partial charge in [0.25, 0.3) is 0 Å². The Balaban J connectivity index is 1.63. The molecule has 2 aromatic carbocycles. The van der Waals surface area contributed by atoms with Gasteiger partial charge in [0.1, 0.15) is 0 Å². The van der Waals surface area contributed by atoms with Gasteiger partial charge in [-0.15, -0.1) is 11.8 Å². The molecular weight excluding hydrogens is 425 g/mol. The lowest BCUT2D eigenvalue weighted by atomic mass is 10.2. The summed E-state index contributed by atoms with van der Waals surface area (Å²) < 4.78 is 1.75. The van der Waals surface area contributed by atoms with Crippen molar-refractivity contribution >= 4 is 46.6 Å². The van der Waals surface area contributed by atoms with Gasteiger partial charge in [-0.05, 0) is 61.7 Å². The van der Waals surface area contributed by atoms with Gasteiger partial charge in [0.05, 0.1) is 17.1 Å². The molecule has 0 atom stereocenters. The van der Waals surface area contributed by atoms with Crippen molar-refractivity contribution in [3.63, 3.8) is 0 Å². The van der Waals surface area contributed by atoms with Crippen LogP contribution >= 0.6 is 35.0 Å². The largest absolute Gasteiger partial charge is 0.324 e. The Morgan fingerprint density at radius 3 is 2.41 bits per heavy atom. The molecule has 0 amide bonds. The highest BCUT2D eigenvalue weighted by Crippen LogP contribution is 2.27. The molecule has 0 saturated heterocycles. The minimum Gasteiger partial charge on any atom is -0.324 e. The molecule has 0 bridgehead atoms. The molecule has 0 aliphatic heterocycles. The molecule has 0 radical (unpaired) electrons. The zero-order valence-electron chi connectivity index (χ0n) is 15.7. The third-order valence-electron chi connectivity index (χ3n) is 4.29. The molecule has 5 nitrogen and oxygen atoms in total. The molecule has 2 heterocycles. The van der Waals surface area contributed by atoms with Gasteiger partial charge in [-0.2, -0.15) is 5.10 Å². The number of hydrogen-bond donors (Lipinski definition) is 1. The summed E-state index contributed by atoms with van der Waals surface area (Å²) in [5.41, 5.74) is 4.25. The second-order valence-corrected chi connectivity index (χ2v) is 8.07. The van der Waals surface area contributed by atoms with Crippen LogP contribution in [0.15, 0.2) is 65.8 Å². The zero-order chi connectivity index (χ0) is 20.4. The highest BCUT2D eigenvalue weighted by molar-refractivity contribution is 7.98. The normalized spacial score (nSPS) is 10.9. The molecule has 0 saturated carbocycles. The summed E-state index contributed by atoms with van der Waals surface area (Å²) in [5.74, 6) is 0.525. The van der Waals surface area contributed by atoms with Gasteiger partial charge in [-0.1, -0.05) is 23.2 Å². The van der Waals surface area contributed by atoms with E-state index in [2.05, 4.69) is 38.8 Å². The summed E-state index contributed by atoms with van der Waals surface area (Å²) in [6.07, 6.45) is 5.69. The predicted octanol–water partition coefficient (Wildman–Crippen LogP) is 6.41. The molecule has 0 aliphatic rings. The van der Waals surface area contributed by atoms with Crippen LogP contribution in [-0.4, -0.2) is 26.0 Å². The van der Waals surface area contributed by atoms with E-state index < -0.39 is 0 Å². The number of nitrogens with one attached hydrogen (secondary N) is 1. The fourth-order valence-corrected chi connectivity index (χ4v) is 3.81. The molecule has 0 unspecified atom stereocenters. The summed E-state index contributed by atoms with van der Waals surface area (Å²) in [7, 11) is 0. The third-order valence-corrected chi connectivity index (χ3v) is 5.47. The molecular formula is C21H17Cl2N5S. The molecule has 8 heteroatoms. The van der Waals surface area contributed by atoms with Crippen LogP contribution in [0.3, 0.4) is 0 Å². The first kappa shape index (κ1) is 19.8. The first-order chi connectivity index (χ1) is 14.0. The second kappa shape index (κ2) is 8.45. The van der Waals surface area contributed by atoms with E-state index in [4.69, 9.17) is 23.2 Å². The van der Waals surface area contributed by atoms with Gasteiger partial charge in [0.2, 0.25) is 5.95 Å². The van der Waals surface area contributed by atoms with Gasteiger partial charge in [0, 0.05) is 38.6 Å². The average molecular weight is 442 g/mol. The second-order valence-electron chi connectivity index (χ2n) is 6.32. The highest BCUT2D eigenvalue weighted by atomic mass is 35.5. The van der Waals surface area contributed by atoms with Crippen molar-refractivity contribution in [2.45, 2.75) is 11.8 Å². The van der Waals surface area contributed by atoms with Gasteiger partial charge in [-0.25, -0.2) is 14.6 Å². The number of nitrogens with zero attached hydrogens (tertiary/aromatic N) is 4. The maximum atomic E-state index is 6.12. The Kier molecular flexibility index (Phi) is 5.76. The van der Waals surface area contributed by atoms with Crippen molar-refractivity contribution in [3.05, 3.63) is 76.7 Å². The minimum atomic E-state index is 0.525. The van der Waals surface area contributed by atoms with E-state index in [1.165, 1.54) is 4.90 Å². The number of rotatable bonds is 5. The molecule has 4 rings (SSSR count). The topological polar surface area (TPSA) is 55.6 Å². The molecule has 0 fully saturated rings. The smallest absolute Gasteiger partial charge is 0.227 e. The van der Waals surface area contributed by atoms with Gasteiger partial charge < -0.3 is 5.32 Å². The molecule has 146 valence electrons. The summed E-state index contributed by atoms with van der Waals surface area (Å²) in [5, 5.41) is 8.95. The van der Waals surface area contributed by atoms with Crippen LogP contribution in [-0.2, 0) is 0 Å². The first-order valence-corrected chi connectivity index (χ1v) is 10.8. The number of halogens is 2. The lowest BCUT2D eigenvalue weighted by molar-refractivity contribution is 0.863. The number of aryl methyl sites for hydroxylation is 1. The van der Waals surface area contributed by atoms with E-state index in [0.717, 1.165) is 28.3 Å². The van der Waals surface area contributed by atoms with Crippen molar-refractivity contribution in [1.82, 2.24) is 19.7 Å². The molecule has 0 spiro atoms. The van der Waals surface area contributed by atoms with Crippen LogP contribution in [0.5, 0.6) is 0 Å². The average Bonchev–Trinajstić information content (AvgIpc) is 3.10. The van der Waals surface area contributed by atoms with Crippen LogP contribution in [0.1, 0.15) is 5.69 Å². The van der Waals surface area contributed by atoms with Crippen LogP contribution in [0, 0.1) is 6.92 Å². The van der Waals surface area contributed by atoms with Crippen molar-refractivity contribution < 1.29 is 0 Å². The lowest BCUT2D eigenvalue weighted by Gasteiger charge is -2.07. The summed E-state index contributed by atoms with van der Waals surface area (Å²) in [6, 6.07) is 15.3. The van der Waals surface area contributed by atoms with Crippen molar-refractivity contribution in [2.75, 3.05) is 11.6 Å². The van der Waals surface area contributed by atoms with E-state index in [1.54, 1.807) is 28.7 Å². The standard InChI is InChI=1S/C21H17Cl2N5S/c1-13-19(12-28(27-13)17-10-14(22)9-15(23)11-17)20-7-8-24-21(26-20)25-16-3-5-18(29-2)6-4-16/h3-12H,1-2H3,(H,24,25,26). The maximum absolute atomic E-state index is 6.12. The number of hydrogen-bond acceptors (Lipinski definition) is 5. The van der Waals surface area contributed by atoms with Crippen LogP contribution in [0.4, 0.5) is 11.6 Å². The minimum absolute atomic E-state index is 0.525. The summed E-state index contributed by atoms with van der Waals surface area (Å²) in [6.45, 7) is 1.94. The van der Waals surface area contributed by atoms with Crippen molar-refractivity contribution in [1.29, 1.82) is 0 Å². The van der Waals surface area contributed by atoms with E-state index >= 15 is 0 Å². The molecule has 29 heavy (non-hydrogen) atoms. The maximum Gasteiger partial charge on any atom is 0.227 e. The number of thioether (sulfide) groups is 1. The predicted molar refractivity (Wildman–Crippen MR) is 121 cm³/mol. The van der Waals surface area contributed by atoms with Gasteiger partial charge >= 0.3 is 0 Å². The monoisotopic (exact) mass is 441 g/mol. The highest BCUT2D eigenvalue weighted by Gasteiger charge is 2.12. The van der Waals surface area contributed by atoms with Gasteiger partial charge in [-0.3, -0.25) is 0 Å². The van der Waals surface area contributed by atoms with Crippen LogP contribution < -0.4 is 5.32 Å².